The van der Waals surface area contributed by atoms with Crippen molar-refractivity contribution in [3.8, 4) is 11.5 Å². The van der Waals surface area contributed by atoms with E-state index >= 15 is 0 Å². The highest BCUT2D eigenvalue weighted by Gasteiger charge is 2.31. The third-order valence-electron chi connectivity index (χ3n) is 5.33. The predicted molar refractivity (Wildman–Crippen MR) is 108 cm³/mol. The minimum absolute atomic E-state index is 0.0396. The van der Waals surface area contributed by atoms with Gasteiger partial charge in [-0.05, 0) is 55.7 Å². The van der Waals surface area contributed by atoms with Crippen molar-refractivity contribution in [1.82, 2.24) is 0 Å². The molecule has 5 heteroatoms. The van der Waals surface area contributed by atoms with E-state index in [4.69, 9.17) is 21.1 Å². The van der Waals surface area contributed by atoms with E-state index in [-0.39, 0.29) is 23.4 Å². The second kappa shape index (κ2) is 7.80. The highest BCUT2D eigenvalue weighted by Crippen LogP contribution is 2.40. The van der Waals surface area contributed by atoms with Gasteiger partial charge in [0.25, 0.3) is 0 Å². The summed E-state index contributed by atoms with van der Waals surface area (Å²) in [7, 11) is 0. The molecule has 1 fully saturated rings. The van der Waals surface area contributed by atoms with Gasteiger partial charge in [0, 0.05) is 10.6 Å². The molecule has 0 saturated heterocycles. The molecule has 4 rings (SSSR count). The number of esters is 1. The number of fused-ring (bicyclic) bond motifs is 1. The molecule has 1 heterocycles. The molecule has 0 N–H and O–H groups in total. The summed E-state index contributed by atoms with van der Waals surface area (Å²) in [5.74, 6) is 0.710. The van der Waals surface area contributed by atoms with Gasteiger partial charge in [0.15, 0.2) is 5.76 Å². The molecule has 2 aromatic rings. The zero-order chi connectivity index (χ0) is 19.7. The first-order valence-electron chi connectivity index (χ1n) is 9.58. The van der Waals surface area contributed by atoms with Crippen LogP contribution in [0.25, 0.3) is 6.08 Å². The van der Waals surface area contributed by atoms with Gasteiger partial charge in [-0.3, -0.25) is 9.59 Å². The van der Waals surface area contributed by atoms with Crippen molar-refractivity contribution >= 4 is 29.4 Å². The monoisotopic (exact) mass is 396 g/mol. The maximum absolute atomic E-state index is 12.7. The number of Topliss-reactive ketones (excluding diaryl/α,β-unsaturated/α-hetero) is 1. The molecule has 0 amide bonds. The largest absolute Gasteiger partial charge is 0.452 e. The van der Waals surface area contributed by atoms with Crippen molar-refractivity contribution in [3.05, 3.63) is 63.9 Å². The minimum atomic E-state index is -0.193. The summed E-state index contributed by atoms with van der Waals surface area (Å²) in [5, 5.41) is 0.588. The molecule has 4 nitrogen and oxygen atoms in total. The van der Waals surface area contributed by atoms with Crippen molar-refractivity contribution in [3.63, 3.8) is 0 Å². The van der Waals surface area contributed by atoms with Crippen LogP contribution in [-0.2, 0) is 4.79 Å². The second-order valence-corrected chi connectivity index (χ2v) is 7.75. The van der Waals surface area contributed by atoms with Crippen molar-refractivity contribution < 1.29 is 19.1 Å². The summed E-state index contributed by atoms with van der Waals surface area (Å²) in [6, 6.07) is 10.5. The lowest BCUT2D eigenvalue weighted by atomic mass is 9.89. The molecule has 0 spiro atoms. The van der Waals surface area contributed by atoms with Gasteiger partial charge in [-0.2, -0.15) is 0 Å². The average Bonchev–Trinajstić information content (AvgIpc) is 3.01. The first kappa shape index (κ1) is 18.8. The molecule has 0 atom stereocenters. The fourth-order valence-electron chi connectivity index (χ4n) is 3.76. The van der Waals surface area contributed by atoms with Crippen LogP contribution in [0.2, 0.25) is 5.02 Å². The molecule has 1 aliphatic carbocycles. The first-order chi connectivity index (χ1) is 13.5. The number of ether oxygens (including phenoxy) is 2. The van der Waals surface area contributed by atoms with E-state index in [0.29, 0.717) is 27.6 Å². The molecule has 0 bridgehead atoms. The molecule has 2 aliphatic rings. The molecule has 1 aliphatic heterocycles. The first-order valence-corrected chi connectivity index (χ1v) is 9.96. The third-order valence-corrected chi connectivity index (χ3v) is 5.57. The van der Waals surface area contributed by atoms with Gasteiger partial charge in [-0.25, -0.2) is 0 Å². The van der Waals surface area contributed by atoms with E-state index in [1.54, 1.807) is 37.3 Å². The number of halogens is 1. The number of benzene rings is 2. The molecule has 0 aromatic heterocycles. The van der Waals surface area contributed by atoms with Gasteiger partial charge >= 0.3 is 5.97 Å². The maximum Gasteiger partial charge on any atom is 0.314 e. The number of hydrogen-bond acceptors (Lipinski definition) is 4. The summed E-state index contributed by atoms with van der Waals surface area (Å²) in [6.45, 7) is 1.80. The second-order valence-electron chi connectivity index (χ2n) is 7.32. The Morgan fingerprint density at radius 3 is 2.71 bits per heavy atom. The van der Waals surface area contributed by atoms with Gasteiger partial charge < -0.3 is 9.47 Å². The summed E-state index contributed by atoms with van der Waals surface area (Å²) >= 11 is 6.01. The number of ketones is 1. The van der Waals surface area contributed by atoms with Crippen LogP contribution in [0.4, 0.5) is 0 Å². The number of allylic oxidation sites excluding steroid dienone is 1. The Kier molecular flexibility index (Phi) is 5.23. The average molecular weight is 397 g/mol. The van der Waals surface area contributed by atoms with Crippen molar-refractivity contribution in [2.75, 3.05) is 0 Å². The van der Waals surface area contributed by atoms with E-state index in [0.717, 1.165) is 31.2 Å². The van der Waals surface area contributed by atoms with Crippen LogP contribution in [0, 0.1) is 12.8 Å². The summed E-state index contributed by atoms with van der Waals surface area (Å²) in [5.41, 5.74) is 1.91. The van der Waals surface area contributed by atoms with Crippen LogP contribution in [0.5, 0.6) is 11.5 Å². The van der Waals surface area contributed by atoms with Crippen LogP contribution in [0.3, 0.4) is 0 Å². The number of carbonyl (C=O) groups excluding carboxylic acids is 2. The van der Waals surface area contributed by atoms with Gasteiger partial charge in [0.1, 0.15) is 11.5 Å². The summed E-state index contributed by atoms with van der Waals surface area (Å²) in [6.07, 6.45) is 6.74. The van der Waals surface area contributed by atoms with E-state index in [1.807, 2.05) is 12.1 Å². The zero-order valence-electron chi connectivity index (χ0n) is 15.7. The molecule has 144 valence electrons. The van der Waals surface area contributed by atoms with Crippen LogP contribution in [0.15, 0.2) is 42.2 Å². The molecule has 28 heavy (non-hydrogen) atoms. The van der Waals surface area contributed by atoms with Crippen molar-refractivity contribution in [2.24, 2.45) is 5.92 Å². The van der Waals surface area contributed by atoms with E-state index < -0.39 is 0 Å². The Balaban J connectivity index is 1.57. The molecule has 1 saturated carbocycles. The van der Waals surface area contributed by atoms with Gasteiger partial charge in [0.05, 0.1) is 11.5 Å². The maximum atomic E-state index is 12.7. The lowest BCUT2D eigenvalue weighted by molar-refractivity contribution is -0.140. The normalized spacial score (nSPS) is 18.1. The van der Waals surface area contributed by atoms with Crippen LogP contribution >= 0.6 is 11.6 Å². The fraction of sp³-hybridized carbons (Fsp3) is 0.304. The zero-order valence-corrected chi connectivity index (χ0v) is 16.4. The van der Waals surface area contributed by atoms with Gasteiger partial charge in [-0.15, -0.1) is 0 Å². The topological polar surface area (TPSA) is 52.6 Å². The SMILES string of the molecule is Cc1c(OC(=O)C2CCCCC2)ccc2c1O/C(=C\c1cccc(Cl)c1)C2=O. The van der Waals surface area contributed by atoms with Crippen molar-refractivity contribution in [1.29, 1.82) is 0 Å². The van der Waals surface area contributed by atoms with E-state index in [9.17, 15) is 9.59 Å². The lowest BCUT2D eigenvalue weighted by Crippen LogP contribution is -2.23. The molecule has 0 radical (unpaired) electrons. The quantitative estimate of drug-likeness (QED) is 0.376. The Morgan fingerprint density at radius 2 is 1.96 bits per heavy atom. The molecule has 2 aromatic carbocycles. The van der Waals surface area contributed by atoms with E-state index in [1.165, 1.54) is 6.42 Å². The number of carbonyl (C=O) groups is 2. The molecular weight excluding hydrogens is 376 g/mol. The summed E-state index contributed by atoms with van der Waals surface area (Å²) in [4.78, 5) is 25.2. The molecular formula is C23H21ClO4. The Hall–Kier alpha value is -2.59. The number of rotatable bonds is 3. The van der Waals surface area contributed by atoms with Gasteiger partial charge in [0.2, 0.25) is 5.78 Å². The van der Waals surface area contributed by atoms with Crippen molar-refractivity contribution in [2.45, 2.75) is 39.0 Å². The summed E-state index contributed by atoms with van der Waals surface area (Å²) < 4.78 is 11.5. The Bertz CT molecular complexity index is 971. The Labute approximate surface area is 169 Å². The van der Waals surface area contributed by atoms with E-state index in [2.05, 4.69) is 0 Å². The molecule has 0 unspecified atom stereocenters. The predicted octanol–water partition coefficient (Wildman–Crippen LogP) is 5.75. The van der Waals surface area contributed by atoms with Gasteiger partial charge in [-0.1, -0.05) is 43.0 Å². The van der Waals surface area contributed by atoms with Crippen LogP contribution in [0.1, 0.15) is 53.6 Å². The van der Waals surface area contributed by atoms with Crippen LogP contribution in [-0.4, -0.2) is 11.8 Å². The highest BCUT2D eigenvalue weighted by atomic mass is 35.5. The highest BCUT2D eigenvalue weighted by molar-refractivity contribution is 6.30. The lowest BCUT2D eigenvalue weighted by Gasteiger charge is -2.20. The Morgan fingerprint density at radius 1 is 1.18 bits per heavy atom. The minimum Gasteiger partial charge on any atom is -0.452 e. The van der Waals surface area contributed by atoms with Crippen LogP contribution < -0.4 is 9.47 Å². The smallest absolute Gasteiger partial charge is 0.314 e. The fourth-order valence-corrected chi connectivity index (χ4v) is 3.96. The number of hydrogen-bond donors (Lipinski definition) is 0. The standard InChI is InChI=1S/C23H21ClO4/c1-14-19(28-23(26)16-7-3-2-4-8-16)11-10-18-21(25)20(27-22(14)18)13-15-6-5-9-17(24)12-15/h5-6,9-13,16H,2-4,7-8H2,1H3/b20-13-. The third kappa shape index (κ3) is 3.69.